The lowest BCUT2D eigenvalue weighted by Crippen LogP contribution is -2.40. The van der Waals surface area contributed by atoms with E-state index < -0.39 is 0 Å². The predicted octanol–water partition coefficient (Wildman–Crippen LogP) is 3.44. The molecule has 18 heavy (non-hydrogen) atoms. The molecule has 2 rings (SSSR count). The molecule has 0 spiro atoms. The van der Waals surface area contributed by atoms with Crippen LogP contribution in [0.5, 0.6) is 5.75 Å². The summed E-state index contributed by atoms with van der Waals surface area (Å²) in [7, 11) is 0. The van der Waals surface area contributed by atoms with Crippen LogP contribution >= 0.6 is 0 Å². The van der Waals surface area contributed by atoms with Crippen LogP contribution in [0.25, 0.3) is 0 Å². The van der Waals surface area contributed by atoms with Gasteiger partial charge in [0.2, 0.25) is 0 Å². The lowest BCUT2D eigenvalue weighted by atomic mass is 10.1. The predicted molar refractivity (Wildman–Crippen MR) is 77.3 cm³/mol. The number of fused-ring (bicyclic) bond motifs is 1. The number of unbranched alkanes of at least 4 members (excludes halogenated alkanes) is 2. The molecule has 0 saturated carbocycles. The molecule has 2 N–H and O–H groups in total. The van der Waals surface area contributed by atoms with Gasteiger partial charge in [0.15, 0.2) is 0 Å². The van der Waals surface area contributed by atoms with Crippen molar-refractivity contribution >= 4 is 11.4 Å². The standard InChI is InChI=1S/C15H24N2O/c1-3-5-6-10-17-11-12(4-2)18-14-9-7-8-13(16)15(14)17/h7-9,12H,3-6,10-11,16H2,1-2H3. The van der Waals surface area contributed by atoms with Gasteiger partial charge < -0.3 is 15.4 Å². The van der Waals surface area contributed by atoms with Gasteiger partial charge in [0.1, 0.15) is 17.5 Å². The Morgan fingerprint density at radius 2 is 2.17 bits per heavy atom. The summed E-state index contributed by atoms with van der Waals surface area (Å²) in [6.45, 7) is 6.44. The summed E-state index contributed by atoms with van der Waals surface area (Å²) in [5, 5.41) is 0. The minimum atomic E-state index is 0.293. The normalized spacial score (nSPS) is 18.3. The fourth-order valence-electron chi connectivity index (χ4n) is 2.49. The van der Waals surface area contributed by atoms with Gasteiger partial charge in [-0.2, -0.15) is 0 Å². The molecule has 0 aliphatic carbocycles. The minimum Gasteiger partial charge on any atom is -0.486 e. The van der Waals surface area contributed by atoms with Crippen LogP contribution in [0.2, 0.25) is 0 Å². The Kier molecular flexibility index (Phi) is 4.34. The van der Waals surface area contributed by atoms with Crippen molar-refractivity contribution in [2.45, 2.75) is 45.6 Å². The Morgan fingerprint density at radius 1 is 1.33 bits per heavy atom. The van der Waals surface area contributed by atoms with Crippen molar-refractivity contribution in [1.82, 2.24) is 0 Å². The largest absolute Gasteiger partial charge is 0.486 e. The average molecular weight is 248 g/mol. The lowest BCUT2D eigenvalue weighted by molar-refractivity contribution is 0.189. The fraction of sp³-hybridized carbons (Fsp3) is 0.600. The number of nitrogens with zero attached hydrogens (tertiary/aromatic N) is 1. The van der Waals surface area contributed by atoms with Gasteiger partial charge in [-0.25, -0.2) is 0 Å². The molecule has 0 saturated heterocycles. The molecule has 0 amide bonds. The van der Waals surface area contributed by atoms with Crippen LogP contribution in [0.1, 0.15) is 39.5 Å². The van der Waals surface area contributed by atoms with Crippen LogP contribution < -0.4 is 15.4 Å². The highest BCUT2D eigenvalue weighted by atomic mass is 16.5. The molecule has 0 bridgehead atoms. The maximum Gasteiger partial charge on any atom is 0.145 e. The zero-order chi connectivity index (χ0) is 13.0. The van der Waals surface area contributed by atoms with Crippen molar-refractivity contribution in [2.75, 3.05) is 23.7 Å². The van der Waals surface area contributed by atoms with E-state index in [-0.39, 0.29) is 0 Å². The van der Waals surface area contributed by atoms with E-state index in [0.29, 0.717) is 6.10 Å². The molecule has 0 aromatic heterocycles. The molecule has 1 aliphatic heterocycles. The molecular weight excluding hydrogens is 224 g/mol. The first-order valence-electron chi connectivity index (χ1n) is 7.06. The second-order valence-electron chi connectivity index (χ2n) is 5.00. The van der Waals surface area contributed by atoms with Crippen molar-refractivity contribution < 1.29 is 4.74 Å². The number of rotatable bonds is 5. The number of ether oxygens (including phenoxy) is 1. The fourth-order valence-corrected chi connectivity index (χ4v) is 2.49. The van der Waals surface area contributed by atoms with Crippen LogP contribution in [-0.2, 0) is 0 Å². The molecule has 0 radical (unpaired) electrons. The number of nitrogens with two attached hydrogens (primary N) is 1. The van der Waals surface area contributed by atoms with Crippen molar-refractivity contribution in [3.8, 4) is 5.75 Å². The van der Waals surface area contributed by atoms with E-state index in [4.69, 9.17) is 10.5 Å². The summed E-state index contributed by atoms with van der Waals surface area (Å²) in [5.41, 5.74) is 8.03. The number of benzene rings is 1. The Bertz CT molecular complexity index is 392. The van der Waals surface area contributed by atoms with E-state index in [0.717, 1.165) is 36.6 Å². The SMILES string of the molecule is CCCCCN1CC(CC)Oc2cccc(N)c21. The number of para-hydroxylation sites is 1. The Balaban J connectivity index is 2.18. The van der Waals surface area contributed by atoms with Gasteiger partial charge in [-0.15, -0.1) is 0 Å². The van der Waals surface area contributed by atoms with Gasteiger partial charge in [0.25, 0.3) is 0 Å². The van der Waals surface area contributed by atoms with Crippen LogP contribution in [0, 0.1) is 0 Å². The van der Waals surface area contributed by atoms with Crippen molar-refractivity contribution in [3.05, 3.63) is 18.2 Å². The molecule has 1 aromatic rings. The summed E-state index contributed by atoms with van der Waals surface area (Å²) in [4.78, 5) is 2.40. The van der Waals surface area contributed by atoms with Crippen LogP contribution in [0.3, 0.4) is 0 Å². The van der Waals surface area contributed by atoms with Gasteiger partial charge in [0, 0.05) is 6.54 Å². The first kappa shape index (κ1) is 13.1. The van der Waals surface area contributed by atoms with Gasteiger partial charge in [-0.05, 0) is 25.0 Å². The zero-order valence-electron chi connectivity index (χ0n) is 11.5. The average Bonchev–Trinajstić information content (AvgIpc) is 2.38. The summed E-state index contributed by atoms with van der Waals surface area (Å²) < 4.78 is 5.98. The molecule has 100 valence electrons. The van der Waals surface area contributed by atoms with Gasteiger partial charge >= 0.3 is 0 Å². The second-order valence-corrected chi connectivity index (χ2v) is 5.00. The summed E-state index contributed by atoms with van der Waals surface area (Å²) in [6, 6.07) is 5.96. The third kappa shape index (κ3) is 2.71. The number of nitrogen functional groups attached to an aromatic ring is 1. The molecule has 1 aromatic carbocycles. The monoisotopic (exact) mass is 248 g/mol. The third-order valence-electron chi connectivity index (χ3n) is 3.55. The Labute approximate surface area is 110 Å². The molecule has 0 fully saturated rings. The quantitative estimate of drug-likeness (QED) is 0.641. The topological polar surface area (TPSA) is 38.5 Å². The minimum absolute atomic E-state index is 0.293. The smallest absolute Gasteiger partial charge is 0.145 e. The van der Waals surface area contributed by atoms with Crippen molar-refractivity contribution in [3.63, 3.8) is 0 Å². The Hall–Kier alpha value is -1.38. The maximum absolute atomic E-state index is 6.10. The summed E-state index contributed by atoms with van der Waals surface area (Å²) in [5.74, 6) is 0.949. The van der Waals surface area contributed by atoms with Crippen LogP contribution in [0.15, 0.2) is 18.2 Å². The second kappa shape index (κ2) is 5.98. The van der Waals surface area contributed by atoms with E-state index in [1.54, 1.807) is 0 Å². The highest BCUT2D eigenvalue weighted by Crippen LogP contribution is 2.38. The lowest BCUT2D eigenvalue weighted by Gasteiger charge is -2.36. The first-order chi connectivity index (χ1) is 8.76. The molecule has 1 unspecified atom stereocenters. The van der Waals surface area contributed by atoms with E-state index in [2.05, 4.69) is 18.7 Å². The summed E-state index contributed by atoms with van der Waals surface area (Å²) >= 11 is 0. The van der Waals surface area contributed by atoms with E-state index in [1.807, 2.05) is 18.2 Å². The third-order valence-corrected chi connectivity index (χ3v) is 3.55. The number of anilines is 2. The molecule has 1 aliphatic rings. The van der Waals surface area contributed by atoms with Crippen LogP contribution in [-0.4, -0.2) is 19.2 Å². The van der Waals surface area contributed by atoms with Gasteiger partial charge in [-0.1, -0.05) is 32.8 Å². The highest BCUT2D eigenvalue weighted by molar-refractivity contribution is 5.75. The maximum atomic E-state index is 6.10. The van der Waals surface area contributed by atoms with Crippen molar-refractivity contribution in [1.29, 1.82) is 0 Å². The van der Waals surface area contributed by atoms with Gasteiger partial charge in [-0.3, -0.25) is 0 Å². The molecule has 1 atom stereocenters. The molecule has 3 nitrogen and oxygen atoms in total. The number of hydrogen-bond donors (Lipinski definition) is 1. The van der Waals surface area contributed by atoms with E-state index >= 15 is 0 Å². The molecular formula is C15H24N2O. The van der Waals surface area contributed by atoms with E-state index in [1.165, 1.54) is 19.3 Å². The van der Waals surface area contributed by atoms with Crippen LogP contribution in [0.4, 0.5) is 11.4 Å². The Morgan fingerprint density at radius 3 is 2.89 bits per heavy atom. The van der Waals surface area contributed by atoms with Gasteiger partial charge in [0.05, 0.1) is 12.2 Å². The molecule has 3 heteroatoms. The summed E-state index contributed by atoms with van der Waals surface area (Å²) in [6.07, 6.45) is 5.08. The highest BCUT2D eigenvalue weighted by Gasteiger charge is 2.25. The number of hydrogen-bond acceptors (Lipinski definition) is 3. The van der Waals surface area contributed by atoms with Crippen molar-refractivity contribution in [2.24, 2.45) is 0 Å². The van der Waals surface area contributed by atoms with E-state index in [9.17, 15) is 0 Å². The zero-order valence-corrected chi connectivity index (χ0v) is 11.5. The first-order valence-corrected chi connectivity index (χ1v) is 7.06. The molecule has 1 heterocycles.